The molecule has 1 aliphatic heterocycles. The molecular formula is C22H35FN2O2. The molecule has 27 heavy (non-hydrogen) atoms. The Morgan fingerprint density at radius 2 is 2.04 bits per heavy atom. The van der Waals surface area contributed by atoms with Crippen LogP contribution in [0.4, 0.5) is 4.39 Å². The predicted molar refractivity (Wildman–Crippen MR) is 107 cm³/mol. The molecule has 1 aromatic carbocycles. The Hall–Kier alpha value is -1.62. The lowest BCUT2D eigenvalue weighted by Gasteiger charge is -2.38. The van der Waals surface area contributed by atoms with E-state index in [0.717, 1.165) is 12.8 Å². The number of carbonyl (C=O) groups excluding carboxylic acids is 1. The maximum Gasteiger partial charge on any atom is 0.225 e. The molecular weight excluding hydrogens is 343 g/mol. The number of nitrogens with one attached hydrogen (secondary N) is 1. The molecule has 1 amide bonds. The zero-order valence-corrected chi connectivity index (χ0v) is 17.5. The Morgan fingerprint density at radius 3 is 2.63 bits per heavy atom. The van der Waals surface area contributed by atoms with Crippen LogP contribution in [0.2, 0.25) is 0 Å². The van der Waals surface area contributed by atoms with Crippen LogP contribution in [-0.2, 0) is 11.3 Å². The SMILES string of the molecule is CC(C)CCOc1ccc(CN2CC(C(=O)NCCC(C)(C)C)C2)c(F)c1. The fourth-order valence-electron chi connectivity index (χ4n) is 2.97. The summed E-state index contributed by atoms with van der Waals surface area (Å²) in [6, 6.07) is 5.08. The zero-order valence-electron chi connectivity index (χ0n) is 17.5. The second-order valence-electron chi connectivity index (χ2n) is 9.28. The molecule has 5 heteroatoms. The fourth-order valence-corrected chi connectivity index (χ4v) is 2.97. The summed E-state index contributed by atoms with van der Waals surface area (Å²) in [7, 11) is 0. The van der Waals surface area contributed by atoms with Gasteiger partial charge in [-0.15, -0.1) is 0 Å². The summed E-state index contributed by atoms with van der Waals surface area (Å²) in [5.74, 6) is 1.04. The number of amides is 1. The molecule has 0 aromatic heterocycles. The van der Waals surface area contributed by atoms with Crippen molar-refractivity contribution in [3.63, 3.8) is 0 Å². The maximum absolute atomic E-state index is 14.3. The zero-order chi connectivity index (χ0) is 20.0. The van der Waals surface area contributed by atoms with Gasteiger partial charge >= 0.3 is 0 Å². The normalized spacial score (nSPS) is 15.7. The molecule has 2 rings (SSSR count). The average molecular weight is 379 g/mol. The molecule has 0 unspecified atom stereocenters. The number of likely N-dealkylation sites (tertiary alicyclic amines) is 1. The first kappa shape index (κ1) is 21.7. The monoisotopic (exact) mass is 378 g/mol. The van der Waals surface area contributed by atoms with Gasteiger partial charge in [0.1, 0.15) is 11.6 Å². The van der Waals surface area contributed by atoms with E-state index in [1.807, 2.05) is 6.07 Å². The molecule has 0 spiro atoms. The van der Waals surface area contributed by atoms with Crippen molar-refractivity contribution in [2.24, 2.45) is 17.3 Å². The quantitative estimate of drug-likeness (QED) is 0.699. The van der Waals surface area contributed by atoms with Crippen molar-refractivity contribution < 1.29 is 13.9 Å². The minimum absolute atomic E-state index is 0.0201. The Morgan fingerprint density at radius 1 is 1.33 bits per heavy atom. The number of rotatable bonds is 9. The lowest BCUT2D eigenvalue weighted by atomic mass is 9.92. The van der Waals surface area contributed by atoms with Crippen molar-refractivity contribution in [2.45, 2.75) is 54.0 Å². The van der Waals surface area contributed by atoms with Crippen LogP contribution in [0.15, 0.2) is 18.2 Å². The molecule has 0 aliphatic carbocycles. The number of hydrogen-bond acceptors (Lipinski definition) is 3. The molecule has 0 atom stereocenters. The second-order valence-corrected chi connectivity index (χ2v) is 9.28. The van der Waals surface area contributed by atoms with E-state index in [-0.39, 0.29) is 23.1 Å². The van der Waals surface area contributed by atoms with E-state index in [9.17, 15) is 9.18 Å². The Balaban J connectivity index is 1.72. The molecule has 1 aliphatic rings. The Bertz CT molecular complexity index is 619. The largest absolute Gasteiger partial charge is 0.493 e. The highest BCUT2D eigenvalue weighted by atomic mass is 19.1. The smallest absolute Gasteiger partial charge is 0.225 e. The van der Waals surface area contributed by atoms with E-state index >= 15 is 0 Å². The van der Waals surface area contributed by atoms with Crippen LogP contribution < -0.4 is 10.1 Å². The molecule has 4 nitrogen and oxygen atoms in total. The summed E-state index contributed by atoms with van der Waals surface area (Å²) in [5.41, 5.74) is 0.874. The van der Waals surface area contributed by atoms with Crippen molar-refractivity contribution in [1.29, 1.82) is 0 Å². The summed E-state index contributed by atoms with van der Waals surface area (Å²) in [5, 5.41) is 3.02. The van der Waals surface area contributed by atoms with Gasteiger partial charge in [0.2, 0.25) is 5.91 Å². The minimum Gasteiger partial charge on any atom is -0.493 e. The van der Waals surface area contributed by atoms with E-state index in [2.05, 4.69) is 44.8 Å². The first-order chi connectivity index (χ1) is 12.6. The lowest BCUT2D eigenvalue weighted by molar-refractivity contribution is -0.130. The Labute approximate surface area is 163 Å². The lowest BCUT2D eigenvalue weighted by Crippen LogP contribution is -2.53. The van der Waals surface area contributed by atoms with Gasteiger partial charge in [0, 0.05) is 37.8 Å². The van der Waals surface area contributed by atoms with Gasteiger partial charge in [-0.3, -0.25) is 9.69 Å². The van der Waals surface area contributed by atoms with E-state index in [4.69, 9.17) is 4.74 Å². The van der Waals surface area contributed by atoms with Gasteiger partial charge in [0.05, 0.1) is 12.5 Å². The number of carbonyl (C=O) groups is 1. The van der Waals surface area contributed by atoms with E-state index < -0.39 is 0 Å². The summed E-state index contributed by atoms with van der Waals surface area (Å²) in [6.07, 6.45) is 1.92. The van der Waals surface area contributed by atoms with Crippen molar-refractivity contribution in [3.05, 3.63) is 29.6 Å². The molecule has 1 fully saturated rings. The van der Waals surface area contributed by atoms with Gasteiger partial charge in [-0.2, -0.15) is 0 Å². The van der Waals surface area contributed by atoms with Gasteiger partial charge < -0.3 is 10.1 Å². The standard InChI is InChI=1S/C22H35FN2O2/c1-16(2)8-11-27-19-7-6-17(20(23)12-19)13-25-14-18(15-25)21(26)24-10-9-22(3,4)5/h6-7,12,16,18H,8-11,13-15H2,1-5H3,(H,24,26). The fraction of sp³-hybridized carbons (Fsp3) is 0.682. The van der Waals surface area contributed by atoms with Crippen molar-refractivity contribution >= 4 is 5.91 Å². The third kappa shape index (κ3) is 7.49. The predicted octanol–water partition coefficient (Wildman–Crippen LogP) is 4.23. The van der Waals surface area contributed by atoms with Gasteiger partial charge in [0.15, 0.2) is 0 Å². The molecule has 1 heterocycles. The molecule has 1 aromatic rings. The first-order valence-electron chi connectivity index (χ1n) is 10.1. The molecule has 152 valence electrons. The van der Waals surface area contributed by atoms with E-state index in [0.29, 0.717) is 50.0 Å². The van der Waals surface area contributed by atoms with Crippen LogP contribution >= 0.6 is 0 Å². The number of nitrogens with zero attached hydrogens (tertiary/aromatic N) is 1. The van der Waals surface area contributed by atoms with Gasteiger partial charge in [-0.1, -0.05) is 40.7 Å². The number of benzene rings is 1. The average Bonchev–Trinajstić information content (AvgIpc) is 2.50. The van der Waals surface area contributed by atoms with Crippen molar-refractivity contribution in [2.75, 3.05) is 26.2 Å². The van der Waals surface area contributed by atoms with Gasteiger partial charge in [0.25, 0.3) is 0 Å². The Kier molecular flexibility index (Phi) is 7.66. The van der Waals surface area contributed by atoms with Crippen LogP contribution in [0.5, 0.6) is 5.75 Å². The van der Waals surface area contributed by atoms with Crippen LogP contribution in [0.1, 0.15) is 53.0 Å². The second kappa shape index (κ2) is 9.54. The third-order valence-electron chi connectivity index (χ3n) is 4.88. The highest BCUT2D eigenvalue weighted by Gasteiger charge is 2.32. The van der Waals surface area contributed by atoms with Gasteiger partial charge in [-0.05, 0) is 30.2 Å². The molecule has 0 bridgehead atoms. The van der Waals surface area contributed by atoms with E-state index in [1.165, 1.54) is 6.07 Å². The molecule has 0 radical (unpaired) electrons. The van der Waals surface area contributed by atoms with Crippen LogP contribution in [-0.4, -0.2) is 37.0 Å². The highest BCUT2D eigenvalue weighted by Crippen LogP contribution is 2.23. The highest BCUT2D eigenvalue weighted by molar-refractivity contribution is 5.80. The maximum atomic E-state index is 14.3. The van der Waals surface area contributed by atoms with Crippen LogP contribution in [0, 0.1) is 23.1 Å². The first-order valence-corrected chi connectivity index (χ1v) is 10.1. The number of halogens is 1. The summed E-state index contributed by atoms with van der Waals surface area (Å²) in [4.78, 5) is 14.2. The summed E-state index contributed by atoms with van der Waals surface area (Å²) >= 11 is 0. The van der Waals surface area contributed by atoms with Crippen molar-refractivity contribution in [1.82, 2.24) is 10.2 Å². The number of hydrogen-bond donors (Lipinski definition) is 1. The third-order valence-corrected chi connectivity index (χ3v) is 4.88. The number of ether oxygens (including phenoxy) is 1. The summed E-state index contributed by atoms with van der Waals surface area (Å²) in [6.45, 7) is 14.0. The van der Waals surface area contributed by atoms with E-state index in [1.54, 1.807) is 6.07 Å². The topological polar surface area (TPSA) is 41.6 Å². The van der Waals surface area contributed by atoms with Crippen molar-refractivity contribution in [3.8, 4) is 5.75 Å². The summed E-state index contributed by atoms with van der Waals surface area (Å²) < 4.78 is 19.9. The van der Waals surface area contributed by atoms with Crippen LogP contribution in [0.25, 0.3) is 0 Å². The van der Waals surface area contributed by atoms with Crippen LogP contribution in [0.3, 0.4) is 0 Å². The molecule has 1 N–H and O–H groups in total. The molecule has 1 saturated heterocycles. The molecule has 0 saturated carbocycles. The van der Waals surface area contributed by atoms with Gasteiger partial charge in [-0.25, -0.2) is 4.39 Å². The minimum atomic E-state index is -0.241.